The molecule has 1 spiro atoms. The third kappa shape index (κ3) is 6.72. The molecule has 0 saturated carbocycles. The summed E-state index contributed by atoms with van der Waals surface area (Å²) in [5.41, 5.74) is 1.46. The molecule has 11 nitrogen and oxygen atoms in total. The highest BCUT2D eigenvalue weighted by Crippen LogP contribution is 2.60. The van der Waals surface area contributed by atoms with Gasteiger partial charge in [-0.3, -0.25) is 19.2 Å². The van der Waals surface area contributed by atoms with Gasteiger partial charge < -0.3 is 39.1 Å². The van der Waals surface area contributed by atoms with Crippen molar-refractivity contribution in [1.29, 1.82) is 0 Å². The van der Waals surface area contributed by atoms with E-state index < -0.39 is 37.6 Å². The lowest BCUT2D eigenvalue weighted by Crippen LogP contribution is -2.48. The van der Waals surface area contributed by atoms with E-state index in [0.717, 1.165) is 30.5 Å². The number of hydrogen-bond acceptors (Lipinski definition) is 8. The topological polar surface area (TPSA) is 138 Å². The molecule has 3 amide bonds. The third-order valence-corrected chi connectivity index (χ3v) is 13.6. The molecule has 270 valence electrons. The van der Waals surface area contributed by atoms with Gasteiger partial charge >= 0.3 is 5.97 Å². The van der Waals surface area contributed by atoms with Crippen LogP contribution in [-0.4, -0.2) is 87.1 Å². The zero-order chi connectivity index (χ0) is 35.8. The highest BCUT2D eigenvalue weighted by Gasteiger charge is 2.67. The van der Waals surface area contributed by atoms with Gasteiger partial charge in [0.05, 0.1) is 44.0 Å². The maximum atomic E-state index is 16.5. The molecule has 4 heterocycles. The Balaban J connectivity index is 1.33. The molecule has 0 aliphatic carbocycles. The summed E-state index contributed by atoms with van der Waals surface area (Å²) in [6, 6.07) is 12.4. The van der Waals surface area contributed by atoms with Gasteiger partial charge in [-0.15, -0.1) is 0 Å². The van der Waals surface area contributed by atoms with Crippen molar-refractivity contribution in [3.8, 4) is 0 Å². The van der Waals surface area contributed by atoms with Crippen LogP contribution in [-0.2, 0) is 47.2 Å². The van der Waals surface area contributed by atoms with Crippen molar-refractivity contribution >= 4 is 43.5 Å². The number of esters is 1. The van der Waals surface area contributed by atoms with Gasteiger partial charge in [0.15, 0.2) is 5.60 Å². The van der Waals surface area contributed by atoms with Crippen LogP contribution in [0.4, 0.5) is 15.5 Å². The van der Waals surface area contributed by atoms with E-state index in [9.17, 15) is 24.3 Å². The molecule has 0 radical (unpaired) electrons. The quantitative estimate of drug-likeness (QED) is 0.137. The molecule has 2 aromatic carbocycles. The van der Waals surface area contributed by atoms with Crippen LogP contribution in [0.5, 0.6) is 0 Å². The number of aliphatic hydroxyl groups is 1. The van der Waals surface area contributed by atoms with Gasteiger partial charge in [0.1, 0.15) is 0 Å². The predicted octanol–water partition coefficient (Wildman–Crippen LogP) is 4.18. The van der Waals surface area contributed by atoms with Gasteiger partial charge in [-0.2, -0.15) is 0 Å². The lowest BCUT2D eigenvalue weighted by molar-refractivity contribution is -0.151. The first-order chi connectivity index (χ1) is 23.9. The Morgan fingerprint density at radius 1 is 1.16 bits per heavy atom. The number of nitrogens with one attached hydrogen (secondary N) is 2. The second kappa shape index (κ2) is 14.5. The second-order valence-electron chi connectivity index (χ2n) is 14.7. The number of unbranched alkanes of at least 4 members (excludes halogenated alkanes) is 1. The van der Waals surface area contributed by atoms with Crippen molar-refractivity contribution in [2.75, 3.05) is 37.0 Å². The van der Waals surface area contributed by atoms with Crippen molar-refractivity contribution in [2.45, 2.75) is 101 Å². The maximum Gasteiger partial charge on any atom is 0.305 e. The van der Waals surface area contributed by atoms with Crippen LogP contribution >= 0.6 is 0 Å². The molecule has 2 fully saturated rings. The van der Waals surface area contributed by atoms with E-state index >= 15 is 4.11 Å². The van der Waals surface area contributed by atoms with E-state index in [4.69, 9.17) is 9.47 Å². The lowest BCUT2D eigenvalue weighted by atomic mass is 9.82. The summed E-state index contributed by atoms with van der Waals surface area (Å²) < 4.78 is 28.1. The Labute approximate surface area is 294 Å². The van der Waals surface area contributed by atoms with Crippen molar-refractivity contribution < 1.29 is 37.9 Å². The number of carbonyl (C=O) groups excluding carboxylic acids is 4. The van der Waals surface area contributed by atoms with Crippen molar-refractivity contribution in [1.82, 2.24) is 10.2 Å². The maximum absolute atomic E-state index is 16.5. The predicted molar refractivity (Wildman–Crippen MR) is 189 cm³/mol. The van der Waals surface area contributed by atoms with Crippen molar-refractivity contribution in [3.63, 3.8) is 0 Å². The minimum absolute atomic E-state index is 0.138. The zero-order valence-corrected chi connectivity index (χ0v) is 30.4. The number of amides is 3. The molecule has 2 saturated heterocycles. The number of methoxy groups -OCH3 is 1. The first-order valence-electron chi connectivity index (χ1n) is 17.8. The number of aliphatic hydroxyl groups excluding tert-OH is 1. The Hall–Kier alpha value is -3.65. The van der Waals surface area contributed by atoms with Gasteiger partial charge in [0, 0.05) is 42.2 Å². The van der Waals surface area contributed by atoms with Crippen LogP contribution in [0.2, 0.25) is 18.6 Å². The van der Waals surface area contributed by atoms with Gasteiger partial charge in [0.2, 0.25) is 20.2 Å². The Bertz CT molecular complexity index is 1630. The van der Waals surface area contributed by atoms with Crippen LogP contribution < -0.4 is 15.5 Å². The molecule has 6 rings (SSSR count). The summed E-state index contributed by atoms with van der Waals surface area (Å²) in [6.07, 6.45) is 2.36. The molecule has 0 bridgehead atoms. The van der Waals surface area contributed by atoms with E-state index in [2.05, 4.69) is 10.6 Å². The molecule has 4 aliphatic rings. The molecule has 3 N–H and O–H groups in total. The fraction of sp³-hybridized carbons (Fsp3) is 0.568. The van der Waals surface area contributed by atoms with Gasteiger partial charge in [0.25, 0.3) is 5.91 Å². The van der Waals surface area contributed by atoms with Crippen LogP contribution in [0.1, 0.15) is 62.1 Å². The first kappa shape index (κ1) is 36.1. The van der Waals surface area contributed by atoms with Crippen LogP contribution in [0.25, 0.3) is 0 Å². The Morgan fingerprint density at radius 3 is 2.60 bits per heavy atom. The number of anilines is 2. The minimum atomic E-state index is -3.57. The summed E-state index contributed by atoms with van der Waals surface area (Å²) in [6.45, 7) is 6.22. The van der Waals surface area contributed by atoms with Crippen LogP contribution in [0.15, 0.2) is 42.5 Å². The molecule has 0 unspecified atom stereocenters. The average molecular weight is 709 g/mol. The largest absolute Gasteiger partial charge is 0.469 e. The number of nitrogens with zero attached hydrogens (tertiary/aromatic N) is 2. The van der Waals surface area contributed by atoms with E-state index in [0.29, 0.717) is 49.3 Å². The number of carbonyl (C=O) groups is 4. The molecular weight excluding hydrogens is 660 g/mol. The Kier molecular flexibility index (Phi) is 10.5. The number of halogens is 1. The standard InChI is InChI=1S/C37H49FN4O7Si/c1-23-34(50(3,4)38)31(20-32(44)42-21-25-11-6-5-10-24(25)18-27(42)22-43)49-37(23)28-19-26(40-35(46)29-12-9-16-39-29)14-15-30(28)41(36(37)47)17-8-7-13-33(45)48-2/h5-6,10-11,14-15,19,23,27,29,31,34,39,43H,7-9,12-13,16-18,20-22H2,1-4H3,(H,40,46)/t23-,27+,29-,31+,34-,37+/m1/s1. The molecule has 4 aliphatic heterocycles. The summed E-state index contributed by atoms with van der Waals surface area (Å²) in [7, 11) is -2.23. The van der Waals surface area contributed by atoms with E-state index in [1.807, 2.05) is 31.2 Å². The molecule has 0 aromatic heterocycles. The monoisotopic (exact) mass is 708 g/mol. The molecule has 2 aromatic rings. The molecule has 13 heteroatoms. The molecule has 6 atom stereocenters. The normalized spacial score (nSPS) is 27.4. The molecule has 50 heavy (non-hydrogen) atoms. The number of rotatable bonds is 11. The number of ether oxygens (including phenoxy) is 2. The number of fused-ring (bicyclic) bond motifs is 3. The highest BCUT2D eigenvalue weighted by molar-refractivity contribution is 6.72. The van der Waals surface area contributed by atoms with Gasteiger partial charge in [-0.1, -0.05) is 31.2 Å². The van der Waals surface area contributed by atoms with Gasteiger partial charge in [-0.05, 0) is 81.1 Å². The average Bonchev–Trinajstić information content (AvgIpc) is 3.79. The summed E-state index contributed by atoms with van der Waals surface area (Å²) >= 11 is 0. The summed E-state index contributed by atoms with van der Waals surface area (Å²) in [5, 5.41) is 16.5. The smallest absolute Gasteiger partial charge is 0.305 e. The lowest BCUT2D eigenvalue weighted by Gasteiger charge is -2.37. The second-order valence-corrected chi connectivity index (χ2v) is 18.5. The third-order valence-electron chi connectivity index (χ3n) is 11.1. The number of benzene rings is 2. The van der Waals surface area contributed by atoms with Crippen LogP contribution in [0.3, 0.4) is 0 Å². The summed E-state index contributed by atoms with van der Waals surface area (Å²) in [4.78, 5) is 57.0. The van der Waals surface area contributed by atoms with E-state index in [1.165, 1.54) is 7.11 Å². The van der Waals surface area contributed by atoms with Crippen molar-refractivity contribution in [3.05, 3.63) is 59.2 Å². The highest BCUT2D eigenvalue weighted by atomic mass is 28.4. The minimum Gasteiger partial charge on any atom is -0.469 e. The number of hydrogen-bond donors (Lipinski definition) is 3. The fourth-order valence-corrected chi connectivity index (χ4v) is 11.2. The first-order valence-corrected chi connectivity index (χ1v) is 20.8. The fourth-order valence-electron chi connectivity index (χ4n) is 8.66. The summed E-state index contributed by atoms with van der Waals surface area (Å²) in [5.74, 6) is -1.72. The Morgan fingerprint density at radius 2 is 1.92 bits per heavy atom. The van der Waals surface area contributed by atoms with E-state index in [-0.39, 0.29) is 49.2 Å². The van der Waals surface area contributed by atoms with E-state index in [1.54, 1.807) is 41.1 Å². The van der Waals surface area contributed by atoms with Crippen LogP contribution in [0, 0.1) is 5.92 Å². The zero-order valence-electron chi connectivity index (χ0n) is 29.4. The van der Waals surface area contributed by atoms with Gasteiger partial charge in [-0.25, -0.2) is 0 Å². The van der Waals surface area contributed by atoms with Crippen molar-refractivity contribution in [2.24, 2.45) is 5.92 Å². The SMILES string of the molecule is COC(=O)CCCCN1C(=O)[C@@]2(O[C@@H](CC(=O)N3Cc4ccccc4C[C@H]3CO)[C@H]([Si](C)(C)F)[C@H]2C)c2cc(NC(=O)[C@H]3CCCN3)ccc21. The molecular formula is C37H49FN4O7Si.